The summed E-state index contributed by atoms with van der Waals surface area (Å²) in [5.41, 5.74) is 1.05. The minimum Gasteiger partial charge on any atom is -0.354 e. The van der Waals surface area contributed by atoms with Crippen LogP contribution in [0.15, 0.2) is 9.95 Å². The normalized spacial score (nSPS) is 16.6. The second-order valence-corrected chi connectivity index (χ2v) is 8.00. The van der Waals surface area contributed by atoms with E-state index in [1.807, 2.05) is 6.07 Å². The number of hydrogen-bond donors (Lipinski definition) is 2. The molecule has 0 bridgehead atoms. The van der Waals surface area contributed by atoms with Gasteiger partial charge in [-0.1, -0.05) is 18.7 Å². The standard InChI is InChI=1S/C16H18N4O2S2/c1-9-3-4-10-11(7-9)24-15-13(10)14(22)19-16(20-15)23-8-12(21)18-6-2-5-17/h9H,2-4,6-8H2,1H3,(H,18,21)(H,19,20,22)/t9-/m1/s1. The Labute approximate surface area is 147 Å². The van der Waals surface area contributed by atoms with Crippen LogP contribution in [-0.4, -0.2) is 28.2 Å². The first-order chi connectivity index (χ1) is 11.6. The van der Waals surface area contributed by atoms with Crippen molar-refractivity contribution in [2.45, 2.75) is 37.8 Å². The average molecular weight is 362 g/mol. The number of amides is 1. The van der Waals surface area contributed by atoms with Crippen LogP contribution in [0.4, 0.5) is 0 Å². The van der Waals surface area contributed by atoms with Crippen molar-refractivity contribution in [3.8, 4) is 6.07 Å². The largest absolute Gasteiger partial charge is 0.354 e. The van der Waals surface area contributed by atoms with Gasteiger partial charge in [-0.15, -0.1) is 11.3 Å². The summed E-state index contributed by atoms with van der Waals surface area (Å²) in [6.45, 7) is 2.58. The first kappa shape index (κ1) is 17.0. The predicted molar refractivity (Wildman–Crippen MR) is 95.4 cm³/mol. The lowest BCUT2D eigenvalue weighted by molar-refractivity contribution is -0.118. The Morgan fingerprint density at radius 2 is 2.42 bits per heavy atom. The van der Waals surface area contributed by atoms with Gasteiger partial charge in [0.2, 0.25) is 5.91 Å². The lowest BCUT2D eigenvalue weighted by Gasteiger charge is -2.17. The Kier molecular flexibility index (Phi) is 5.21. The molecule has 3 rings (SSSR count). The van der Waals surface area contributed by atoms with Gasteiger partial charge in [0.15, 0.2) is 5.16 Å². The number of nitriles is 1. The number of aromatic nitrogens is 2. The van der Waals surface area contributed by atoms with E-state index in [2.05, 4.69) is 22.2 Å². The van der Waals surface area contributed by atoms with Gasteiger partial charge in [0.25, 0.3) is 5.56 Å². The Morgan fingerprint density at radius 3 is 3.21 bits per heavy atom. The molecule has 0 aliphatic heterocycles. The summed E-state index contributed by atoms with van der Waals surface area (Å²) in [6.07, 6.45) is 3.35. The van der Waals surface area contributed by atoms with Crippen LogP contribution < -0.4 is 10.9 Å². The molecule has 6 nitrogen and oxygen atoms in total. The van der Waals surface area contributed by atoms with E-state index in [4.69, 9.17) is 5.26 Å². The van der Waals surface area contributed by atoms with E-state index in [1.165, 1.54) is 16.6 Å². The minimum absolute atomic E-state index is 0.112. The van der Waals surface area contributed by atoms with Gasteiger partial charge in [0.05, 0.1) is 23.6 Å². The van der Waals surface area contributed by atoms with Gasteiger partial charge >= 0.3 is 0 Å². The molecule has 0 radical (unpaired) electrons. The molecule has 2 heterocycles. The van der Waals surface area contributed by atoms with E-state index in [-0.39, 0.29) is 23.6 Å². The molecule has 8 heteroatoms. The molecule has 1 amide bonds. The maximum atomic E-state index is 12.4. The number of fused-ring (bicyclic) bond motifs is 3. The molecule has 2 N–H and O–H groups in total. The molecule has 1 aliphatic rings. The predicted octanol–water partition coefficient (Wildman–Crippen LogP) is 2.23. The molecule has 0 unspecified atom stereocenters. The summed E-state index contributed by atoms with van der Waals surface area (Å²) < 4.78 is 0. The average Bonchev–Trinajstić information content (AvgIpc) is 2.90. The minimum atomic E-state index is -0.169. The summed E-state index contributed by atoms with van der Waals surface area (Å²) in [6, 6.07) is 1.97. The zero-order valence-electron chi connectivity index (χ0n) is 13.3. The van der Waals surface area contributed by atoms with Crippen molar-refractivity contribution in [2.75, 3.05) is 12.3 Å². The molecule has 126 valence electrons. The van der Waals surface area contributed by atoms with E-state index >= 15 is 0 Å². The van der Waals surface area contributed by atoms with E-state index in [1.54, 1.807) is 11.3 Å². The number of aromatic amines is 1. The topological polar surface area (TPSA) is 98.6 Å². The molecule has 0 fully saturated rings. The van der Waals surface area contributed by atoms with Crippen LogP contribution in [0.2, 0.25) is 0 Å². The summed E-state index contributed by atoms with van der Waals surface area (Å²) in [5, 5.41) is 12.3. The zero-order valence-corrected chi connectivity index (χ0v) is 15.0. The van der Waals surface area contributed by atoms with Crippen molar-refractivity contribution in [3.63, 3.8) is 0 Å². The maximum Gasteiger partial charge on any atom is 0.260 e. The number of carbonyl (C=O) groups excluding carboxylic acids is 1. The van der Waals surface area contributed by atoms with Crippen molar-refractivity contribution in [3.05, 3.63) is 20.8 Å². The van der Waals surface area contributed by atoms with Crippen molar-refractivity contribution in [1.82, 2.24) is 15.3 Å². The van der Waals surface area contributed by atoms with Gasteiger partial charge in [-0.3, -0.25) is 9.59 Å². The van der Waals surface area contributed by atoms with E-state index in [0.29, 0.717) is 17.6 Å². The highest BCUT2D eigenvalue weighted by atomic mass is 32.2. The summed E-state index contributed by atoms with van der Waals surface area (Å²) in [4.78, 5) is 33.5. The number of thioether (sulfide) groups is 1. The van der Waals surface area contributed by atoms with Crippen LogP contribution in [-0.2, 0) is 17.6 Å². The van der Waals surface area contributed by atoms with Crippen LogP contribution in [0.1, 0.15) is 30.2 Å². The molecule has 0 saturated carbocycles. The molecule has 0 spiro atoms. The lowest BCUT2D eigenvalue weighted by Crippen LogP contribution is -2.26. The van der Waals surface area contributed by atoms with E-state index in [9.17, 15) is 9.59 Å². The monoisotopic (exact) mass is 362 g/mol. The van der Waals surface area contributed by atoms with Crippen LogP contribution >= 0.6 is 23.1 Å². The molecule has 1 aliphatic carbocycles. The van der Waals surface area contributed by atoms with E-state index in [0.717, 1.165) is 35.0 Å². The summed E-state index contributed by atoms with van der Waals surface area (Å²) >= 11 is 2.81. The van der Waals surface area contributed by atoms with Crippen molar-refractivity contribution >= 4 is 39.2 Å². The third-order valence-corrected chi connectivity index (χ3v) is 6.06. The number of nitrogens with zero attached hydrogens (tertiary/aromatic N) is 2. The van der Waals surface area contributed by atoms with Gasteiger partial charge in [-0.2, -0.15) is 5.26 Å². The van der Waals surface area contributed by atoms with Gasteiger partial charge in [-0.25, -0.2) is 4.98 Å². The molecular formula is C16H18N4O2S2. The smallest absolute Gasteiger partial charge is 0.260 e. The van der Waals surface area contributed by atoms with Gasteiger partial charge < -0.3 is 10.3 Å². The van der Waals surface area contributed by atoms with Gasteiger partial charge in [-0.05, 0) is 30.7 Å². The number of hydrogen-bond acceptors (Lipinski definition) is 6. The fourth-order valence-corrected chi connectivity index (χ4v) is 4.97. The fraction of sp³-hybridized carbons (Fsp3) is 0.500. The summed E-state index contributed by atoms with van der Waals surface area (Å²) in [5.74, 6) is 0.648. The van der Waals surface area contributed by atoms with Crippen molar-refractivity contribution < 1.29 is 4.79 Å². The quantitative estimate of drug-likeness (QED) is 0.483. The van der Waals surface area contributed by atoms with Crippen LogP contribution in [0.25, 0.3) is 10.2 Å². The second-order valence-electron chi connectivity index (χ2n) is 5.95. The highest BCUT2D eigenvalue weighted by Gasteiger charge is 2.23. The number of rotatable bonds is 5. The Hall–Kier alpha value is -1.85. The molecular weight excluding hydrogens is 344 g/mol. The first-order valence-corrected chi connectivity index (χ1v) is 9.69. The Balaban J connectivity index is 1.75. The zero-order chi connectivity index (χ0) is 17.1. The number of nitrogens with one attached hydrogen (secondary N) is 2. The number of aryl methyl sites for hydroxylation is 1. The van der Waals surface area contributed by atoms with E-state index < -0.39 is 0 Å². The second kappa shape index (κ2) is 7.36. The molecule has 2 aromatic rings. The summed E-state index contributed by atoms with van der Waals surface area (Å²) in [7, 11) is 0. The highest BCUT2D eigenvalue weighted by Crippen LogP contribution is 2.36. The van der Waals surface area contributed by atoms with Gasteiger partial charge in [0.1, 0.15) is 4.83 Å². The number of H-pyrrole nitrogens is 1. The van der Waals surface area contributed by atoms with Crippen LogP contribution in [0.3, 0.4) is 0 Å². The Morgan fingerprint density at radius 1 is 1.58 bits per heavy atom. The van der Waals surface area contributed by atoms with Crippen molar-refractivity contribution in [1.29, 1.82) is 5.26 Å². The number of carbonyl (C=O) groups is 1. The first-order valence-electron chi connectivity index (χ1n) is 7.89. The molecule has 1 atom stereocenters. The fourth-order valence-electron chi connectivity index (χ4n) is 2.84. The third kappa shape index (κ3) is 3.62. The molecule has 24 heavy (non-hydrogen) atoms. The molecule has 0 saturated heterocycles. The lowest BCUT2D eigenvalue weighted by atomic mass is 9.89. The maximum absolute atomic E-state index is 12.4. The van der Waals surface area contributed by atoms with Crippen LogP contribution in [0, 0.1) is 17.2 Å². The third-order valence-electron chi connectivity index (χ3n) is 4.04. The van der Waals surface area contributed by atoms with Crippen LogP contribution in [0.5, 0.6) is 0 Å². The Bertz CT molecular complexity index is 865. The SMILES string of the molecule is C[C@@H]1CCc2c(sc3nc(SCC(=O)NCCC#N)[nH]c(=O)c23)C1. The number of thiophene rings is 1. The van der Waals surface area contributed by atoms with Gasteiger partial charge in [0, 0.05) is 11.4 Å². The molecule has 0 aromatic carbocycles. The highest BCUT2D eigenvalue weighted by molar-refractivity contribution is 7.99. The van der Waals surface area contributed by atoms with Crippen molar-refractivity contribution in [2.24, 2.45) is 5.92 Å². The molecule has 2 aromatic heterocycles.